The maximum absolute atomic E-state index is 13.0. The molecule has 0 aliphatic carbocycles. The highest BCUT2D eigenvalue weighted by molar-refractivity contribution is 9.10. The average Bonchev–Trinajstić information content (AvgIpc) is 2.74. The van der Waals surface area contributed by atoms with E-state index in [2.05, 4.69) is 15.9 Å². The fraction of sp³-hybridized carbons (Fsp3) is 0.0833. The van der Waals surface area contributed by atoms with Crippen molar-refractivity contribution in [2.75, 3.05) is 0 Å². The number of hydrogen-bond acceptors (Lipinski definition) is 2. The number of thiophene rings is 1. The van der Waals surface area contributed by atoms with Crippen LogP contribution in [0, 0.1) is 5.82 Å². The van der Waals surface area contributed by atoms with Gasteiger partial charge in [-0.05, 0) is 56.5 Å². The van der Waals surface area contributed by atoms with Crippen LogP contribution in [0.4, 0.5) is 4.39 Å². The van der Waals surface area contributed by atoms with Crippen molar-refractivity contribution in [3.63, 3.8) is 0 Å². The van der Waals surface area contributed by atoms with Gasteiger partial charge in [0.25, 0.3) is 0 Å². The normalized spacial score (nSPS) is 10.4. The van der Waals surface area contributed by atoms with Crippen molar-refractivity contribution in [1.29, 1.82) is 0 Å². The first-order valence-electron chi connectivity index (χ1n) is 4.66. The van der Waals surface area contributed by atoms with Crippen LogP contribution in [0.1, 0.15) is 15.9 Å². The topological polar surface area (TPSA) is 17.1 Å². The van der Waals surface area contributed by atoms with Gasteiger partial charge in [0.1, 0.15) is 5.82 Å². The van der Waals surface area contributed by atoms with E-state index in [4.69, 9.17) is 0 Å². The maximum atomic E-state index is 13.0. The number of hydrogen-bond donors (Lipinski definition) is 0. The molecule has 0 saturated carbocycles. The van der Waals surface area contributed by atoms with Gasteiger partial charge >= 0.3 is 0 Å². The minimum absolute atomic E-state index is 0.000833. The predicted octanol–water partition coefficient (Wildman–Crippen LogP) is 4.08. The van der Waals surface area contributed by atoms with Gasteiger partial charge in [-0.25, -0.2) is 4.39 Å². The first-order chi connectivity index (χ1) is 7.66. The zero-order valence-corrected chi connectivity index (χ0v) is 10.6. The van der Waals surface area contributed by atoms with E-state index in [0.717, 1.165) is 5.56 Å². The second-order valence-electron chi connectivity index (χ2n) is 3.36. The summed E-state index contributed by atoms with van der Waals surface area (Å²) in [6.07, 6.45) is 0.363. The molecule has 1 nitrogen and oxygen atoms in total. The number of Topliss-reactive ketones (excluding diaryl/α,β-unsaturated/α-hetero) is 1. The van der Waals surface area contributed by atoms with Gasteiger partial charge < -0.3 is 0 Å². The largest absolute Gasteiger partial charge is 0.294 e. The minimum Gasteiger partial charge on any atom is -0.294 e. The fourth-order valence-corrected chi connectivity index (χ4v) is 2.40. The minimum atomic E-state index is -0.355. The van der Waals surface area contributed by atoms with Crippen molar-refractivity contribution < 1.29 is 9.18 Å². The predicted molar refractivity (Wildman–Crippen MR) is 66.5 cm³/mol. The number of carbonyl (C=O) groups excluding carboxylic acids is 1. The SMILES string of the molecule is O=C(Cc1ccsc1)c1ccc(F)c(Br)c1. The molecule has 0 bridgehead atoms. The van der Waals surface area contributed by atoms with Crippen LogP contribution in [0.2, 0.25) is 0 Å². The summed E-state index contributed by atoms with van der Waals surface area (Å²) in [7, 11) is 0. The lowest BCUT2D eigenvalue weighted by molar-refractivity contribution is 0.0993. The van der Waals surface area contributed by atoms with Gasteiger partial charge in [-0.1, -0.05) is 0 Å². The Kier molecular flexibility index (Phi) is 3.51. The fourth-order valence-electron chi connectivity index (χ4n) is 1.35. The lowest BCUT2D eigenvalue weighted by Gasteiger charge is -2.01. The van der Waals surface area contributed by atoms with Gasteiger partial charge in [0.2, 0.25) is 0 Å². The summed E-state index contributed by atoms with van der Waals surface area (Å²) < 4.78 is 13.3. The first kappa shape index (κ1) is 11.5. The molecule has 82 valence electrons. The van der Waals surface area contributed by atoms with Crippen LogP contribution in [0.3, 0.4) is 0 Å². The monoisotopic (exact) mass is 298 g/mol. The summed E-state index contributed by atoms with van der Waals surface area (Å²) in [5.41, 5.74) is 1.52. The van der Waals surface area contributed by atoms with E-state index in [-0.39, 0.29) is 11.6 Å². The Morgan fingerprint density at radius 3 is 2.81 bits per heavy atom. The molecule has 1 aromatic carbocycles. The van der Waals surface area contributed by atoms with Gasteiger partial charge in [0.05, 0.1) is 4.47 Å². The van der Waals surface area contributed by atoms with Crippen LogP contribution >= 0.6 is 27.3 Å². The highest BCUT2D eigenvalue weighted by Crippen LogP contribution is 2.18. The van der Waals surface area contributed by atoms with Crippen molar-refractivity contribution in [3.8, 4) is 0 Å². The summed E-state index contributed by atoms with van der Waals surface area (Å²) in [6.45, 7) is 0. The molecule has 0 aliphatic heterocycles. The van der Waals surface area contributed by atoms with E-state index in [1.165, 1.54) is 18.2 Å². The lowest BCUT2D eigenvalue weighted by Crippen LogP contribution is -2.02. The van der Waals surface area contributed by atoms with Gasteiger partial charge in [-0.15, -0.1) is 0 Å². The van der Waals surface area contributed by atoms with Crippen LogP contribution in [0.25, 0.3) is 0 Å². The third kappa shape index (κ3) is 2.57. The van der Waals surface area contributed by atoms with E-state index in [1.54, 1.807) is 11.3 Å². The molecule has 0 saturated heterocycles. The van der Waals surface area contributed by atoms with Crippen LogP contribution in [-0.2, 0) is 6.42 Å². The summed E-state index contributed by atoms with van der Waals surface area (Å²) >= 11 is 4.63. The average molecular weight is 299 g/mol. The number of carbonyl (C=O) groups is 1. The Balaban J connectivity index is 2.18. The number of halogens is 2. The summed E-state index contributed by atoms with van der Waals surface area (Å²) in [5, 5.41) is 3.87. The molecule has 2 aromatic rings. The van der Waals surface area contributed by atoms with Crippen LogP contribution in [0.15, 0.2) is 39.5 Å². The van der Waals surface area contributed by atoms with Crippen molar-refractivity contribution in [1.82, 2.24) is 0 Å². The molecule has 16 heavy (non-hydrogen) atoms. The lowest BCUT2D eigenvalue weighted by atomic mass is 10.1. The van der Waals surface area contributed by atoms with Crippen LogP contribution < -0.4 is 0 Å². The Morgan fingerprint density at radius 2 is 2.19 bits per heavy atom. The third-order valence-corrected chi connectivity index (χ3v) is 3.53. The van der Waals surface area contributed by atoms with Crippen LogP contribution in [-0.4, -0.2) is 5.78 Å². The Morgan fingerprint density at radius 1 is 1.38 bits per heavy atom. The smallest absolute Gasteiger partial charge is 0.167 e. The summed E-state index contributed by atoms with van der Waals surface area (Å²) in [6, 6.07) is 6.24. The molecular formula is C12H8BrFOS. The van der Waals surface area contributed by atoms with E-state index >= 15 is 0 Å². The Hall–Kier alpha value is -1.00. The number of ketones is 1. The van der Waals surface area contributed by atoms with Crippen molar-refractivity contribution in [3.05, 3.63) is 56.4 Å². The molecule has 0 N–H and O–H groups in total. The molecule has 1 aromatic heterocycles. The zero-order valence-electron chi connectivity index (χ0n) is 8.24. The van der Waals surface area contributed by atoms with E-state index < -0.39 is 0 Å². The standard InChI is InChI=1S/C12H8BrFOS/c13-10-6-9(1-2-11(10)14)12(15)5-8-3-4-16-7-8/h1-4,6-7H,5H2. The molecule has 1 heterocycles. The molecular weight excluding hydrogens is 291 g/mol. The molecule has 0 amide bonds. The quantitative estimate of drug-likeness (QED) is 0.781. The molecule has 0 radical (unpaired) electrons. The Labute approximate surface area is 105 Å². The Bertz CT molecular complexity index is 508. The second kappa shape index (κ2) is 4.89. The van der Waals surface area contributed by atoms with Crippen LogP contribution in [0.5, 0.6) is 0 Å². The molecule has 2 rings (SSSR count). The van der Waals surface area contributed by atoms with Crippen molar-refractivity contribution in [2.45, 2.75) is 6.42 Å². The highest BCUT2D eigenvalue weighted by Gasteiger charge is 2.09. The van der Waals surface area contributed by atoms with Gasteiger partial charge in [-0.3, -0.25) is 4.79 Å². The molecule has 0 atom stereocenters. The molecule has 4 heteroatoms. The molecule has 0 unspecified atom stereocenters. The van der Waals surface area contributed by atoms with E-state index in [1.807, 2.05) is 16.8 Å². The second-order valence-corrected chi connectivity index (χ2v) is 4.99. The van der Waals surface area contributed by atoms with Gasteiger partial charge in [-0.2, -0.15) is 11.3 Å². The van der Waals surface area contributed by atoms with E-state index in [0.29, 0.717) is 16.5 Å². The summed E-state index contributed by atoms with van der Waals surface area (Å²) in [5.74, 6) is -0.355. The third-order valence-electron chi connectivity index (χ3n) is 2.19. The maximum Gasteiger partial charge on any atom is 0.167 e. The van der Waals surface area contributed by atoms with Crippen molar-refractivity contribution in [2.24, 2.45) is 0 Å². The van der Waals surface area contributed by atoms with Crippen molar-refractivity contribution >= 4 is 33.0 Å². The molecule has 0 spiro atoms. The molecule has 0 aliphatic rings. The van der Waals surface area contributed by atoms with Gasteiger partial charge in [0.15, 0.2) is 5.78 Å². The number of rotatable bonds is 3. The zero-order chi connectivity index (χ0) is 11.5. The van der Waals surface area contributed by atoms with E-state index in [9.17, 15) is 9.18 Å². The molecule has 0 fully saturated rings. The van der Waals surface area contributed by atoms with Gasteiger partial charge in [0, 0.05) is 12.0 Å². The first-order valence-corrected chi connectivity index (χ1v) is 6.40. The highest BCUT2D eigenvalue weighted by atomic mass is 79.9. The number of benzene rings is 1. The summed E-state index contributed by atoms with van der Waals surface area (Å²) in [4.78, 5) is 11.8.